The molecule has 23 heavy (non-hydrogen) atoms. The second-order valence-corrected chi connectivity index (χ2v) is 5.29. The molecule has 1 aromatic carbocycles. The SMILES string of the molecule is CCc1cccc(C)c1NC(=O)COC(=O)c1cccnc1Cl. The maximum Gasteiger partial charge on any atom is 0.341 e. The van der Waals surface area contributed by atoms with Crippen LogP contribution in [0.1, 0.15) is 28.4 Å². The maximum atomic E-state index is 12.0. The third-order valence-electron chi connectivity index (χ3n) is 3.32. The molecule has 0 spiro atoms. The monoisotopic (exact) mass is 332 g/mol. The number of benzene rings is 1. The summed E-state index contributed by atoms with van der Waals surface area (Å²) in [5.74, 6) is -1.08. The van der Waals surface area contributed by atoms with Gasteiger partial charge < -0.3 is 10.1 Å². The van der Waals surface area contributed by atoms with E-state index in [0.717, 1.165) is 23.2 Å². The Morgan fingerprint density at radius 2 is 2.04 bits per heavy atom. The number of nitrogens with one attached hydrogen (secondary N) is 1. The normalized spacial score (nSPS) is 10.2. The van der Waals surface area contributed by atoms with Crippen LogP contribution in [0.3, 0.4) is 0 Å². The summed E-state index contributed by atoms with van der Waals surface area (Å²) in [6, 6.07) is 8.87. The first-order chi connectivity index (χ1) is 11.0. The highest BCUT2D eigenvalue weighted by molar-refractivity contribution is 6.32. The lowest BCUT2D eigenvalue weighted by Crippen LogP contribution is -2.22. The molecule has 0 unspecified atom stereocenters. The average Bonchev–Trinajstić information content (AvgIpc) is 2.55. The zero-order chi connectivity index (χ0) is 16.8. The van der Waals surface area contributed by atoms with Crippen LogP contribution in [-0.2, 0) is 16.0 Å². The van der Waals surface area contributed by atoms with E-state index in [-0.39, 0.29) is 17.3 Å². The van der Waals surface area contributed by atoms with Gasteiger partial charge in [-0.3, -0.25) is 4.79 Å². The Hall–Kier alpha value is -2.40. The molecule has 2 aromatic rings. The van der Waals surface area contributed by atoms with Crippen LogP contribution >= 0.6 is 11.6 Å². The van der Waals surface area contributed by atoms with Gasteiger partial charge in [0.1, 0.15) is 5.15 Å². The van der Waals surface area contributed by atoms with Crippen LogP contribution in [0.5, 0.6) is 0 Å². The average molecular weight is 333 g/mol. The number of carbonyl (C=O) groups excluding carboxylic acids is 2. The molecule has 0 radical (unpaired) electrons. The summed E-state index contributed by atoms with van der Waals surface area (Å²) in [7, 11) is 0. The molecule has 1 heterocycles. The van der Waals surface area contributed by atoms with Gasteiger partial charge in [-0.1, -0.05) is 36.7 Å². The molecule has 0 bridgehead atoms. The highest BCUT2D eigenvalue weighted by Gasteiger charge is 2.15. The first-order valence-electron chi connectivity index (χ1n) is 7.19. The van der Waals surface area contributed by atoms with E-state index in [2.05, 4.69) is 10.3 Å². The molecule has 0 atom stereocenters. The number of ether oxygens (including phenoxy) is 1. The van der Waals surface area contributed by atoms with Gasteiger partial charge in [-0.05, 0) is 36.6 Å². The Balaban J connectivity index is 1.99. The smallest absolute Gasteiger partial charge is 0.341 e. The molecular weight excluding hydrogens is 316 g/mol. The molecule has 1 amide bonds. The highest BCUT2D eigenvalue weighted by atomic mass is 35.5. The maximum absolute atomic E-state index is 12.0. The van der Waals surface area contributed by atoms with E-state index in [1.165, 1.54) is 12.3 Å². The van der Waals surface area contributed by atoms with Gasteiger partial charge in [0.2, 0.25) is 0 Å². The lowest BCUT2D eigenvalue weighted by Gasteiger charge is -2.13. The van der Waals surface area contributed by atoms with Gasteiger partial charge in [-0.15, -0.1) is 0 Å². The number of halogens is 1. The van der Waals surface area contributed by atoms with Crippen molar-refractivity contribution in [1.29, 1.82) is 0 Å². The van der Waals surface area contributed by atoms with Crippen molar-refractivity contribution in [3.63, 3.8) is 0 Å². The standard InChI is InChI=1S/C17H17ClN2O3/c1-3-12-7-4-6-11(2)15(12)20-14(21)10-23-17(22)13-8-5-9-19-16(13)18/h4-9H,3,10H2,1-2H3,(H,20,21). The van der Waals surface area contributed by atoms with Crippen molar-refractivity contribution in [1.82, 2.24) is 4.98 Å². The number of hydrogen-bond donors (Lipinski definition) is 1. The molecule has 0 saturated heterocycles. The molecule has 0 aliphatic carbocycles. The summed E-state index contributed by atoms with van der Waals surface area (Å²) in [5.41, 5.74) is 2.88. The Bertz CT molecular complexity index is 732. The second kappa shape index (κ2) is 7.74. The quantitative estimate of drug-likeness (QED) is 0.673. The van der Waals surface area contributed by atoms with E-state index >= 15 is 0 Å². The van der Waals surface area contributed by atoms with E-state index in [9.17, 15) is 9.59 Å². The molecule has 0 aliphatic rings. The molecule has 2 rings (SSSR count). The van der Waals surface area contributed by atoms with Gasteiger partial charge in [-0.25, -0.2) is 9.78 Å². The van der Waals surface area contributed by atoms with Gasteiger partial charge in [-0.2, -0.15) is 0 Å². The minimum Gasteiger partial charge on any atom is -0.452 e. The zero-order valence-corrected chi connectivity index (χ0v) is 13.7. The lowest BCUT2D eigenvalue weighted by atomic mass is 10.1. The second-order valence-electron chi connectivity index (χ2n) is 4.93. The van der Waals surface area contributed by atoms with Crippen molar-refractivity contribution in [2.24, 2.45) is 0 Å². The van der Waals surface area contributed by atoms with Gasteiger partial charge in [0.15, 0.2) is 6.61 Å². The number of esters is 1. The summed E-state index contributed by atoms with van der Waals surface area (Å²) in [5, 5.41) is 2.83. The lowest BCUT2D eigenvalue weighted by molar-refractivity contribution is -0.119. The van der Waals surface area contributed by atoms with Crippen LogP contribution in [0.4, 0.5) is 5.69 Å². The summed E-state index contributed by atoms with van der Waals surface area (Å²) >= 11 is 5.81. The summed E-state index contributed by atoms with van der Waals surface area (Å²) in [6.07, 6.45) is 2.26. The Morgan fingerprint density at radius 3 is 2.74 bits per heavy atom. The minimum atomic E-state index is -0.682. The van der Waals surface area contributed by atoms with Crippen LogP contribution in [0.15, 0.2) is 36.5 Å². The molecule has 1 N–H and O–H groups in total. The van der Waals surface area contributed by atoms with E-state index in [0.29, 0.717) is 0 Å². The molecule has 0 fully saturated rings. The summed E-state index contributed by atoms with van der Waals surface area (Å²) < 4.78 is 4.98. The summed E-state index contributed by atoms with van der Waals surface area (Å²) in [4.78, 5) is 27.7. The zero-order valence-electron chi connectivity index (χ0n) is 12.9. The molecule has 120 valence electrons. The number of anilines is 1. The van der Waals surface area contributed by atoms with E-state index < -0.39 is 11.9 Å². The predicted molar refractivity (Wildman–Crippen MR) is 88.7 cm³/mol. The number of aromatic nitrogens is 1. The molecule has 5 nitrogen and oxygen atoms in total. The van der Waals surface area contributed by atoms with Gasteiger partial charge >= 0.3 is 5.97 Å². The van der Waals surface area contributed by atoms with Crippen LogP contribution in [-0.4, -0.2) is 23.5 Å². The third-order valence-corrected chi connectivity index (χ3v) is 3.62. The number of pyridine rings is 1. The number of rotatable bonds is 5. The van der Waals surface area contributed by atoms with E-state index in [4.69, 9.17) is 16.3 Å². The Morgan fingerprint density at radius 1 is 1.26 bits per heavy atom. The molecule has 0 saturated carbocycles. The Kier molecular flexibility index (Phi) is 5.71. The molecule has 0 aliphatic heterocycles. The van der Waals surface area contributed by atoms with Gasteiger partial charge in [0.25, 0.3) is 5.91 Å². The number of hydrogen-bond acceptors (Lipinski definition) is 4. The number of amides is 1. The van der Waals surface area contributed by atoms with Crippen molar-refractivity contribution in [3.05, 3.63) is 58.4 Å². The fraction of sp³-hybridized carbons (Fsp3) is 0.235. The topological polar surface area (TPSA) is 68.3 Å². The van der Waals surface area contributed by atoms with E-state index in [1.54, 1.807) is 6.07 Å². The van der Waals surface area contributed by atoms with Crippen molar-refractivity contribution in [2.45, 2.75) is 20.3 Å². The molecule has 6 heteroatoms. The van der Waals surface area contributed by atoms with E-state index in [1.807, 2.05) is 32.0 Å². The van der Waals surface area contributed by atoms with Crippen LogP contribution in [0.2, 0.25) is 5.15 Å². The number of aryl methyl sites for hydroxylation is 2. The first-order valence-corrected chi connectivity index (χ1v) is 7.56. The number of para-hydroxylation sites is 1. The fourth-order valence-electron chi connectivity index (χ4n) is 2.12. The van der Waals surface area contributed by atoms with Crippen molar-refractivity contribution in [3.8, 4) is 0 Å². The highest BCUT2D eigenvalue weighted by Crippen LogP contribution is 2.21. The minimum absolute atomic E-state index is 0.0464. The number of carbonyl (C=O) groups is 2. The van der Waals surface area contributed by atoms with Crippen molar-refractivity contribution >= 4 is 29.2 Å². The van der Waals surface area contributed by atoms with Gasteiger partial charge in [0, 0.05) is 11.9 Å². The fourth-order valence-corrected chi connectivity index (χ4v) is 2.32. The summed E-state index contributed by atoms with van der Waals surface area (Å²) in [6.45, 7) is 3.53. The van der Waals surface area contributed by atoms with Gasteiger partial charge in [0.05, 0.1) is 5.56 Å². The number of nitrogens with zero attached hydrogens (tertiary/aromatic N) is 1. The largest absolute Gasteiger partial charge is 0.452 e. The predicted octanol–water partition coefficient (Wildman–Crippen LogP) is 3.40. The Labute approximate surface area is 139 Å². The van der Waals surface area contributed by atoms with Crippen LogP contribution in [0, 0.1) is 6.92 Å². The molecular formula is C17H17ClN2O3. The third kappa shape index (κ3) is 4.29. The van der Waals surface area contributed by atoms with Crippen LogP contribution < -0.4 is 5.32 Å². The van der Waals surface area contributed by atoms with Crippen LogP contribution in [0.25, 0.3) is 0 Å². The van der Waals surface area contributed by atoms with Crippen molar-refractivity contribution in [2.75, 3.05) is 11.9 Å². The first kappa shape index (κ1) is 17.0. The molecule has 1 aromatic heterocycles. The van der Waals surface area contributed by atoms with Crippen molar-refractivity contribution < 1.29 is 14.3 Å².